The molecule has 1 unspecified atom stereocenters. The van der Waals surface area contributed by atoms with Crippen LogP contribution in [0.15, 0.2) is 61.2 Å². The highest BCUT2D eigenvalue weighted by Gasteiger charge is 2.35. The smallest absolute Gasteiger partial charge is 0.228 e. The molecule has 0 aliphatic carbocycles. The fourth-order valence-electron chi connectivity index (χ4n) is 3.64. The Kier molecular flexibility index (Phi) is 5.56. The highest BCUT2D eigenvalue weighted by Crippen LogP contribution is 2.22. The standard InChI is InChI=1S/C22H22FN5O2/c1-26(12-17-11-25-28(14-17)20-4-2-19(23)3-5-20)22(30)18-10-21(29)27(15-18)13-16-6-8-24-9-7-16/h2-9,11,14,18H,10,12-13,15H2,1H3. The molecule has 2 aromatic heterocycles. The number of carbonyl (C=O) groups excluding carboxylic acids is 2. The number of hydrogen-bond acceptors (Lipinski definition) is 4. The number of carbonyl (C=O) groups is 2. The highest BCUT2D eigenvalue weighted by molar-refractivity contribution is 5.89. The van der Waals surface area contributed by atoms with E-state index in [0.29, 0.717) is 19.6 Å². The second-order valence-electron chi connectivity index (χ2n) is 7.49. The van der Waals surface area contributed by atoms with Crippen LogP contribution in [-0.4, -0.2) is 50.0 Å². The summed E-state index contributed by atoms with van der Waals surface area (Å²) in [6.07, 6.45) is 7.11. The maximum Gasteiger partial charge on any atom is 0.228 e. The van der Waals surface area contributed by atoms with Crippen LogP contribution in [-0.2, 0) is 22.7 Å². The van der Waals surface area contributed by atoms with Crippen molar-refractivity contribution in [1.82, 2.24) is 24.6 Å². The summed E-state index contributed by atoms with van der Waals surface area (Å²) in [5.74, 6) is -0.727. The number of pyridine rings is 1. The van der Waals surface area contributed by atoms with E-state index < -0.39 is 0 Å². The average molecular weight is 407 g/mol. The van der Waals surface area contributed by atoms with E-state index in [4.69, 9.17) is 0 Å². The molecule has 0 saturated carbocycles. The molecule has 1 aromatic carbocycles. The van der Waals surface area contributed by atoms with Gasteiger partial charge in [-0.2, -0.15) is 5.10 Å². The first-order valence-corrected chi connectivity index (χ1v) is 9.71. The van der Waals surface area contributed by atoms with Crippen LogP contribution in [0, 0.1) is 11.7 Å². The van der Waals surface area contributed by atoms with Crippen LogP contribution in [0.25, 0.3) is 5.69 Å². The van der Waals surface area contributed by atoms with E-state index in [1.165, 1.54) is 12.1 Å². The second kappa shape index (κ2) is 8.44. The molecular weight excluding hydrogens is 385 g/mol. The molecule has 4 rings (SSSR count). The molecule has 0 bridgehead atoms. The Bertz CT molecular complexity index is 1040. The number of aromatic nitrogens is 3. The summed E-state index contributed by atoms with van der Waals surface area (Å²) in [6, 6.07) is 9.77. The number of nitrogens with zero attached hydrogens (tertiary/aromatic N) is 5. The number of likely N-dealkylation sites (tertiary alicyclic amines) is 1. The summed E-state index contributed by atoms with van der Waals surface area (Å²) >= 11 is 0. The van der Waals surface area contributed by atoms with Gasteiger partial charge in [-0.1, -0.05) is 0 Å². The van der Waals surface area contributed by atoms with Gasteiger partial charge in [-0.05, 0) is 42.0 Å². The Labute approximate surface area is 173 Å². The normalized spacial score (nSPS) is 16.1. The molecule has 1 saturated heterocycles. The van der Waals surface area contributed by atoms with Gasteiger partial charge in [0, 0.05) is 57.3 Å². The molecule has 2 amide bonds. The van der Waals surface area contributed by atoms with E-state index in [2.05, 4.69) is 10.1 Å². The van der Waals surface area contributed by atoms with Crippen LogP contribution in [0.2, 0.25) is 0 Å². The van der Waals surface area contributed by atoms with E-state index >= 15 is 0 Å². The van der Waals surface area contributed by atoms with Crippen LogP contribution in [0.4, 0.5) is 4.39 Å². The van der Waals surface area contributed by atoms with Crippen molar-refractivity contribution >= 4 is 11.8 Å². The van der Waals surface area contributed by atoms with Crippen LogP contribution < -0.4 is 0 Å². The summed E-state index contributed by atoms with van der Waals surface area (Å²) in [5.41, 5.74) is 2.59. The molecular formula is C22H22FN5O2. The monoisotopic (exact) mass is 407 g/mol. The third kappa shape index (κ3) is 4.37. The van der Waals surface area contributed by atoms with Gasteiger partial charge >= 0.3 is 0 Å². The zero-order valence-corrected chi connectivity index (χ0v) is 16.6. The van der Waals surface area contributed by atoms with Crippen molar-refractivity contribution in [2.24, 2.45) is 5.92 Å². The number of amides is 2. The molecule has 1 aliphatic heterocycles. The Morgan fingerprint density at radius 3 is 2.63 bits per heavy atom. The first-order valence-electron chi connectivity index (χ1n) is 9.71. The summed E-state index contributed by atoms with van der Waals surface area (Å²) < 4.78 is 14.7. The minimum atomic E-state index is -0.350. The molecule has 3 aromatic rings. The summed E-state index contributed by atoms with van der Waals surface area (Å²) in [7, 11) is 1.73. The van der Waals surface area contributed by atoms with Crippen molar-refractivity contribution < 1.29 is 14.0 Å². The minimum absolute atomic E-state index is 0.0114. The van der Waals surface area contributed by atoms with Crippen molar-refractivity contribution in [3.05, 3.63) is 78.1 Å². The van der Waals surface area contributed by atoms with Crippen LogP contribution in [0.5, 0.6) is 0 Å². The average Bonchev–Trinajstić information content (AvgIpc) is 3.36. The lowest BCUT2D eigenvalue weighted by Crippen LogP contribution is -2.34. The van der Waals surface area contributed by atoms with Gasteiger partial charge < -0.3 is 9.80 Å². The zero-order valence-electron chi connectivity index (χ0n) is 16.6. The Hall–Kier alpha value is -3.55. The predicted molar refractivity (Wildman–Crippen MR) is 108 cm³/mol. The van der Waals surface area contributed by atoms with Crippen LogP contribution in [0.3, 0.4) is 0 Å². The summed E-state index contributed by atoms with van der Waals surface area (Å²) in [5, 5.41) is 4.29. The third-order valence-corrected chi connectivity index (χ3v) is 5.21. The van der Waals surface area contributed by atoms with E-state index in [1.54, 1.807) is 52.3 Å². The van der Waals surface area contributed by atoms with E-state index in [1.807, 2.05) is 18.3 Å². The SMILES string of the molecule is CN(Cc1cnn(-c2ccc(F)cc2)c1)C(=O)C1CC(=O)N(Cc2ccncc2)C1. The van der Waals surface area contributed by atoms with E-state index in [9.17, 15) is 14.0 Å². The third-order valence-electron chi connectivity index (χ3n) is 5.21. The van der Waals surface area contributed by atoms with Crippen molar-refractivity contribution in [2.45, 2.75) is 19.5 Å². The van der Waals surface area contributed by atoms with Gasteiger partial charge in [0.1, 0.15) is 5.82 Å². The number of halogens is 1. The van der Waals surface area contributed by atoms with Gasteiger partial charge in [0.05, 0.1) is 17.8 Å². The van der Waals surface area contributed by atoms with Gasteiger partial charge in [0.25, 0.3) is 0 Å². The molecule has 0 radical (unpaired) electrons. The molecule has 30 heavy (non-hydrogen) atoms. The molecule has 1 atom stereocenters. The van der Waals surface area contributed by atoms with Crippen LogP contribution in [0.1, 0.15) is 17.5 Å². The van der Waals surface area contributed by atoms with Crippen molar-refractivity contribution in [3.63, 3.8) is 0 Å². The van der Waals surface area contributed by atoms with Gasteiger partial charge in [0.15, 0.2) is 0 Å². The summed E-state index contributed by atoms with van der Waals surface area (Å²) in [4.78, 5) is 32.6. The molecule has 0 spiro atoms. The first kappa shape index (κ1) is 19.8. The number of hydrogen-bond donors (Lipinski definition) is 0. The lowest BCUT2D eigenvalue weighted by Gasteiger charge is -2.21. The summed E-state index contributed by atoms with van der Waals surface area (Å²) in [6.45, 7) is 1.29. The maximum absolute atomic E-state index is 13.1. The van der Waals surface area contributed by atoms with E-state index in [-0.39, 0.29) is 30.0 Å². The zero-order chi connectivity index (χ0) is 21.1. The Morgan fingerprint density at radius 1 is 1.17 bits per heavy atom. The minimum Gasteiger partial charge on any atom is -0.341 e. The van der Waals surface area contributed by atoms with Gasteiger partial charge in [0.2, 0.25) is 11.8 Å². The Balaban J connectivity index is 1.36. The molecule has 0 N–H and O–H groups in total. The topological polar surface area (TPSA) is 71.3 Å². The van der Waals surface area contributed by atoms with Gasteiger partial charge in [-0.3, -0.25) is 14.6 Å². The lowest BCUT2D eigenvalue weighted by molar-refractivity contribution is -0.135. The number of benzene rings is 1. The van der Waals surface area contributed by atoms with E-state index in [0.717, 1.165) is 16.8 Å². The second-order valence-corrected chi connectivity index (χ2v) is 7.49. The molecule has 154 valence electrons. The van der Waals surface area contributed by atoms with Crippen molar-refractivity contribution in [2.75, 3.05) is 13.6 Å². The number of rotatable bonds is 6. The predicted octanol–water partition coefficient (Wildman–Crippen LogP) is 2.41. The van der Waals surface area contributed by atoms with Crippen molar-refractivity contribution in [3.8, 4) is 5.69 Å². The molecule has 1 fully saturated rings. The van der Waals surface area contributed by atoms with Crippen LogP contribution >= 0.6 is 0 Å². The fraction of sp³-hybridized carbons (Fsp3) is 0.273. The maximum atomic E-state index is 13.1. The fourth-order valence-corrected chi connectivity index (χ4v) is 3.64. The van der Waals surface area contributed by atoms with Crippen molar-refractivity contribution in [1.29, 1.82) is 0 Å². The quantitative estimate of drug-likeness (QED) is 0.629. The lowest BCUT2D eigenvalue weighted by atomic mass is 10.1. The van der Waals surface area contributed by atoms with Gasteiger partial charge in [-0.25, -0.2) is 9.07 Å². The Morgan fingerprint density at radius 2 is 1.90 bits per heavy atom. The molecule has 8 heteroatoms. The molecule has 3 heterocycles. The molecule has 7 nitrogen and oxygen atoms in total. The molecule has 1 aliphatic rings. The largest absolute Gasteiger partial charge is 0.341 e. The van der Waals surface area contributed by atoms with Gasteiger partial charge in [-0.15, -0.1) is 0 Å². The highest BCUT2D eigenvalue weighted by atomic mass is 19.1. The first-order chi connectivity index (χ1) is 14.5.